The molecule has 1 aliphatic rings. The Labute approximate surface area is 113 Å². The number of hydrogen-bond acceptors (Lipinski definition) is 4. The highest BCUT2D eigenvalue weighted by Crippen LogP contribution is 2.37. The fourth-order valence-corrected chi connectivity index (χ4v) is 2.45. The summed E-state index contributed by atoms with van der Waals surface area (Å²) < 4.78 is 0.825. The molecule has 0 aliphatic heterocycles. The molecule has 92 valence electrons. The Morgan fingerprint density at radius 1 is 1.53 bits per heavy atom. The predicted molar refractivity (Wildman–Crippen MR) is 73.1 cm³/mol. The van der Waals surface area contributed by atoms with Crippen molar-refractivity contribution in [2.45, 2.75) is 24.8 Å². The molecule has 2 N–H and O–H groups in total. The third-order valence-corrected chi connectivity index (χ3v) is 3.84. The molecule has 0 amide bonds. The van der Waals surface area contributed by atoms with Crippen LogP contribution in [0.1, 0.15) is 19.3 Å². The number of nitrogens with zero attached hydrogens (tertiary/aromatic N) is 1. The number of aliphatic hydroxyl groups excluding tert-OH is 1. The van der Waals surface area contributed by atoms with Gasteiger partial charge in [-0.15, -0.1) is 0 Å². The van der Waals surface area contributed by atoms with Gasteiger partial charge in [0, 0.05) is 9.64 Å². The predicted octanol–water partition coefficient (Wildman–Crippen LogP) is 2.53. The summed E-state index contributed by atoms with van der Waals surface area (Å²) in [6.45, 7) is 0.0101. The molecule has 1 fully saturated rings. The second-order valence-corrected chi connectivity index (χ2v) is 5.58. The molecule has 1 aliphatic carbocycles. The Morgan fingerprint density at radius 3 is 2.71 bits per heavy atom. The number of hydrogen-bond donors (Lipinski definition) is 2. The minimum atomic E-state index is -0.395. The highest BCUT2D eigenvalue weighted by Gasteiger charge is 2.37. The minimum Gasteiger partial charge on any atom is -0.394 e. The van der Waals surface area contributed by atoms with Crippen LogP contribution in [0.5, 0.6) is 0 Å². The largest absolute Gasteiger partial charge is 0.394 e. The van der Waals surface area contributed by atoms with Crippen molar-refractivity contribution in [2.24, 2.45) is 0 Å². The second-order valence-electron chi connectivity index (χ2n) is 4.34. The summed E-state index contributed by atoms with van der Waals surface area (Å²) in [4.78, 5) is 10.6. The van der Waals surface area contributed by atoms with Crippen LogP contribution >= 0.6 is 22.6 Å². The lowest BCUT2D eigenvalue weighted by Crippen LogP contribution is -2.48. The smallest absolute Gasteiger partial charge is 0.293 e. The lowest BCUT2D eigenvalue weighted by atomic mass is 9.77. The first-order valence-corrected chi connectivity index (χ1v) is 6.47. The lowest BCUT2D eigenvalue weighted by molar-refractivity contribution is -0.384. The molecule has 0 unspecified atom stereocenters. The molecule has 0 heterocycles. The van der Waals surface area contributed by atoms with E-state index in [0.717, 1.165) is 22.8 Å². The van der Waals surface area contributed by atoms with Crippen LogP contribution in [0.15, 0.2) is 18.2 Å². The van der Waals surface area contributed by atoms with E-state index in [2.05, 4.69) is 5.32 Å². The number of halogens is 1. The lowest BCUT2D eigenvalue weighted by Gasteiger charge is -2.41. The van der Waals surface area contributed by atoms with E-state index in [0.29, 0.717) is 5.69 Å². The number of nitro benzene ring substituents is 1. The van der Waals surface area contributed by atoms with Gasteiger partial charge in [0.1, 0.15) is 5.69 Å². The number of nitrogens with one attached hydrogen (secondary N) is 1. The molecule has 0 aromatic heterocycles. The summed E-state index contributed by atoms with van der Waals surface area (Å²) in [7, 11) is 0. The first-order valence-electron chi connectivity index (χ1n) is 5.39. The van der Waals surface area contributed by atoms with E-state index in [1.54, 1.807) is 6.07 Å². The SMILES string of the molecule is O=[N+]([O-])c1cc(I)ccc1NC1(CO)CCC1. The van der Waals surface area contributed by atoms with Crippen LogP contribution in [0.3, 0.4) is 0 Å². The maximum absolute atomic E-state index is 11.0. The Kier molecular flexibility index (Phi) is 3.53. The molecule has 0 radical (unpaired) electrons. The van der Waals surface area contributed by atoms with Crippen molar-refractivity contribution in [3.05, 3.63) is 31.9 Å². The van der Waals surface area contributed by atoms with Crippen LogP contribution in [0.4, 0.5) is 11.4 Å². The average molecular weight is 348 g/mol. The minimum absolute atomic E-state index is 0.0101. The van der Waals surface area contributed by atoms with Gasteiger partial charge >= 0.3 is 0 Å². The maximum atomic E-state index is 11.0. The van der Waals surface area contributed by atoms with Gasteiger partial charge in [-0.2, -0.15) is 0 Å². The second kappa shape index (κ2) is 4.77. The first kappa shape index (κ1) is 12.6. The van der Waals surface area contributed by atoms with E-state index < -0.39 is 4.92 Å². The molecule has 17 heavy (non-hydrogen) atoms. The highest BCUT2D eigenvalue weighted by atomic mass is 127. The van der Waals surface area contributed by atoms with E-state index >= 15 is 0 Å². The van der Waals surface area contributed by atoms with Gasteiger partial charge in [-0.25, -0.2) is 0 Å². The number of anilines is 1. The van der Waals surface area contributed by atoms with Crippen molar-refractivity contribution in [1.82, 2.24) is 0 Å². The van der Waals surface area contributed by atoms with E-state index in [4.69, 9.17) is 0 Å². The van der Waals surface area contributed by atoms with E-state index in [1.807, 2.05) is 28.7 Å². The Balaban J connectivity index is 2.29. The zero-order valence-corrected chi connectivity index (χ0v) is 11.3. The zero-order valence-electron chi connectivity index (χ0n) is 9.15. The molecule has 6 heteroatoms. The molecular formula is C11H13IN2O3. The molecule has 1 saturated carbocycles. The topological polar surface area (TPSA) is 75.4 Å². The quantitative estimate of drug-likeness (QED) is 0.498. The van der Waals surface area contributed by atoms with Crippen molar-refractivity contribution in [1.29, 1.82) is 0 Å². The summed E-state index contributed by atoms with van der Waals surface area (Å²) in [5.74, 6) is 0. The molecule has 0 atom stereocenters. The van der Waals surface area contributed by atoms with Gasteiger partial charge in [0.25, 0.3) is 5.69 Å². The monoisotopic (exact) mass is 348 g/mol. The maximum Gasteiger partial charge on any atom is 0.293 e. The molecule has 0 bridgehead atoms. The van der Waals surface area contributed by atoms with Crippen molar-refractivity contribution < 1.29 is 10.0 Å². The van der Waals surface area contributed by atoms with Crippen LogP contribution in [0.2, 0.25) is 0 Å². The Hall–Kier alpha value is -0.890. The van der Waals surface area contributed by atoms with E-state index in [-0.39, 0.29) is 17.8 Å². The molecule has 1 aromatic carbocycles. The van der Waals surface area contributed by atoms with Gasteiger partial charge in [0.05, 0.1) is 17.1 Å². The average Bonchev–Trinajstić information content (AvgIpc) is 2.25. The van der Waals surface area contributed by atoms with Crippen molar-refractivity contribution in [3.63, 3.8) is 0 Å². The summed E-state index contributed by atoms with van der Waals surface area (Å²) in [6.07, 6.45) is 2.75. The van der Waals surface area contributed by atoms with Crippen LogP contribution in [0.25, 0.3) is 0 Å². The molecule has 2 rings (SSSR count). The number of aliphatic hydroxyl groups is 1. The summed E-state index contributed by atoms with van der Waals surface area (Å²) >= 11 is 2.04. The first-order chi connectivity index (χ1) is 8.06. The summed E-state index contributed by atoms with van der Waals surface area (Å²) in [5.41, 5.74) is 0.193. The molecule has 1 aromatic rings. The van der Waals surface area contributed by atoms with Crippen LogP contribution in [0, 0.1) is 13.7 Å². The van der Waals surface area contributed by atoms with Crippen molar-refractivity contribution in [3.8, 4) is 0 Å². The van der Waals surface area contributed by atoms with Crippen LogP contribution in [-0.2, 0) is 0 Å². The summed E-state index contributed by atoms with van der Waals surface area (Å²) in [5, 5.41) is 23.4. The summed E-state index contributed by atoms with van der Waals surface area (Å²) in [6, 6.07) is 5.06. The standard InChI is InChI=1S/C11H13IN2O3/c12-8-2-3-9(10(6-8)14(16)17)13-11(7-15)4-1-5-11/h2-3,6,13,15H,1,4-5,7H2. The third-order valence-electron chi connectivity index (χ3n) is 3.17. The van der Waals surface area contributed by atoms with Crippen molar-refractivity contribution in [2.75, 3.05) is 11.9 Å². The van der Waals surface area contributed by atoms with E-state index in [1.165, 1.54) is 6.07 Å². The number of rotatable bonds is 4. The van der Waals surface area contributed by atoms with E-state index in [9.17, 15) is 15.2 Å². The fourth-order valence-electron chi connectivity index (χ4n) is 1.97. The highest BCUT2D eigenvalue weighted by molar-refractivity contribution is 14.1. The molecule has 0 saturated heterocycles. The van der Waals surface area contributed by atoms with Gasteiger partial charge in [0.2, 0.25) is 0 Å². The van der Waals surface area contributed by atoms with Gasteiger partial charge in [0.15, 0.2) is 0 Å². The molecule has 5 nitrogen and oxygen atoms in total. The van der Waals surface area contributed by atoms with Crippen LogP contribution in [-0.4, -0.2) is 22.2 Å². The zero-order chi connectivity index (χ0) is 12.5. The normalized spacial score (nSPS) is 17.3. The molecular weight excluding hydrogens is 335 g/mol. The Morgan fingerprint density at radius 2 is 2.24 bits per heavy atom. The fraction of sp³-hybridized carbons (Fsp3) is 0.455. The van der Waals surface area contributed by atoms with Gasteiger partial charge in [-0.3, -0.25) is 10.1 Å². The van der Waals surface area contributed by atoms with Crippen LogP contribution < -0.4 is 5.32 Å². The Bertz CT molecular complexity index is 441. The van der Waals surface area contributed by atoms with Gasteiger partial charge in [-0.1, -0.05) is 0 Å². The van der Waals surface area contributed by atoms with Crippen molar-refractivity contribution >= 4 is 34.0 Å². The number of nitro groups is 1. The number of benzene rings is 1. The van der Waals surface area contributed by atoms with Gasteiger partial charge < -0.3 is 10.4 Å². The van der Waals surface area contributed by atoms with Gasteiger partial charge in [-0.05, 0) is 54.0 Å². The third kappa shape index (κ3) is 2.52. The molecule has 0 spiro atoms.